The zero-order valence-corrected chi connectivity index (χ0v) is 12.3. The highest BCUT2D eigenvalue weighted by atomic mass is 32.2. The van der Waals surface area contributed by atoms with E-state index in [1.54, 1.807) is 0 Å². The van der Waals surface area contributed by atoms with Gasteiger partial charge < -0.3 is 10.5 Å². The monoisotopic (exact) mass is 260 g/mol. The highest BCUT2D eigenvalue weighted by Crippen LogP contribution is 2.22. The maximum absolute atomic E-state index is 5.92. The van der Waals surface area contributed by atoms with Crippen LogP contribution in [0.4, 0.5) is 0 Å². The number of thioether (sulfide) groups is 1. The smallest absolute Gasteiger partial charge is 0.0724 e. The highest BCUT2D eigenvalue weighted by molar-refractivity contribution is 7.98. The molecule has 4 heteroatoms. The van der Waals surface area contributed by atoms with Crippen LogP contribution in [0.3, 0.4) is 0 Å². The van der Waals surface area contributed by atoms with Gasteiger partial charge in [-0.2, -0.15) is 11.8 Å². The van der Waals surface area contributed by atoms with Crippen molar-refractivity contribution in [2.24, 2.45) is 11.7 Å². The lowest BCUT2D eigenvalue weighted by atomic mass is 9.94. The van der Waals surface area contributed by atoms with Crippen molar-refractivity contribution in [3.05, 3.63) is 0 Å². The molecule has 0 aromatic rings. The molecule has 3 nitrogen and oxygen atoms in total. The van der Waals surface area contributed by atoms with E-state index in [0.29, 0.717) is 18.1 Å². The van der Waals surface area contributed by atoms with Crippen LogP contribution in [-0.4, -0.2) is 55.8 Å². The Hall–Kier alpha value is 0.230. The van der Waals surface area contributed by atoms with E-state index in [2.05, 4.69) is 18.1 Å². The van der Waals surface area contributed by atoms with Gasteiger partial charge in [-0.25, -0.2) is 0 Å². The molecule has 2 N–H and O–H groups in total. The van der Waals surface area contributed by atoms with Crippen molar-refractivity contribution in [3.63, 3.8) is 0 Å². The number of nitrogens with two attached hydrogens (primary N) is 1. The van der Waals surface area contributed by atoms with Crippen LogP contribution in [0.5, 0.6) is 0 Å². The third kappa shape index (κ3) is 4.78. The van der Waals surface area contributed by atoms with Crippen LogP contribution in [0.15, 0.2) is 0 Å². The summed E-state index contributed by atoms with van der Waals surface area (Å²) < 4.78 is 5.57. The Morgan fingerprint density at radius 1 is 1.53 bits per heavy atom. The van der Waals surface area contributed by atoms with Crippen LogP contribution >= 0.6 is 11.8 Å². The van der Waals surface area contributed by atoms with Gasteiger partial charge in [0.15, 0.2) is 0 Å². The second-order valence-corrected chi connectivity index (χ2v) is 6.05. The zero-order valence-electron chi connectivity index (χ0n) is 11.5. The van der Waals surface area contributed by atoms with Gasteiger partial charge in [-0.15, -0.1) is 0 Å². The molecule has 0 aromatic heterocycles. The fraction of sp³-hybridized carbons (Fsp3) is 1.00. The van der Waals surface area contributed by atoms with Crippen molar-refractivity contribution in [1.82, 2.24) is 4.90 Å². The number of likely N-dealkylation sites (tertiary alicyclic amines) is 1. The van der Waals surface area contributed by atoms with Gasteiger partial charge in [-0.3, -0.25) is 4.90 Å². The lowest BCUT2D eigenvalue weighted by molar-refractivity contribution is -0.0189. The van der Waals surface area contributed by atoms with Gasteiger partial charge in [0.2, 0.25) is 0 Å². The number of ether oxygens (including phenoxy) is 1. The third-order valence-electron chi connectivity index (χ3n) is 3.90. The molecule has 0 amide bonds. The van der Waals surface area contributed by atoms with E-state index in [4.69, 9.17) is 10.5 Å². The first-order valence-electron chi connectivity index (χ1n) is 6.68. The van der Waals surface area contributed by atoms with E-state index >= 15 is 0 Å². The van der Waals surface area contributed by atoms with Crippen LogP contribution in [0.25, 0.3) is 0 Å². The quantitative estimate of drug-likeness (QED) is 0.709. The van der Waals surface area contributed by atoms with Crippen molar-refractivity contribution in [2.45, 2.75) is 38.3 Å². The molecule has 102 valence electrons. The number of hydrogen-bond acceptors (Lipinski definition) is 4. The second-order valence-electron chi connectivity index (χ2n) is 5.06. The van der Waals surface area contributed by atoms with Gasteiger partial charge >= 0.3 is 0 Å². The summed E-state index contributed by atoms with van der Waals surface area (Å²) in [5.41, 5.74) is 5.92. The van der Waals surface area contributed by atoms with Crippen molar-refractivity contribution in [3.8, 4) is 0 Å². The fourth-order valence-electron chi connectivity index (χ4n) is 2.61. The van der Waals surface area contributed by atoms with Gasteiger partial charge in [-0.05, 0) is 43.7 Å². The van der Waals surface area contributed by atoms with E-state index in [1.807, 2.05) is 18.9 Å². The molecule has 0 bridgehead atoms. The first-order valence-corrected chi connectivity index (χ1v) is 8.08. The molecular formula is C13H28N2OS. The molecule has 3 unspecified atom stereocenters. The van der Waals surface area contributed by atoms with Crippen molar-refractivity contribution in [1.29, 1.82) is 0 Å². The number of piperidine rings is 1. The van der Waals surface area contributed by atoms with Crippen LogP contribution in [-0.2, 0) is 4.74 Å². The Balaban J connectivity index is 2.40. The minimum atomic E-state index is 0.387. The maximum Gasteiger partial charge on any atom is 0.0724 e. The van der Waals surface area contributed by atoms with Crippen molar-refractivity contribution < 1.29 is 4.74 Å². The van der Waals surface area contributed by atoms with Gasteiger partial charge in [0.05, 0.1) is 6.10 Å². The predicted molar refractivity (Wildman–Crippen MR) is 76.6 cm³/mol. The van der Waals surface area contributed by atoms with Gasteiger partial charge in [0.1, 0.15) is 0 Å². The summed E-state index contributed by atoms with van der Waals surface area (Å²) in [7, 11) is 1.83. The molecular weight excluding hydrogens is 232 g/mol. The van der Waals surface area contributed by atoms with Crippen molar-refractivity contribution in [2.75, 3.05) is 38.8 Å². The minimum absolute atomic E-state index is 0.387. The largest absolute Gasteiger partial charge is 0.380 e. The number of hydrogen-bond donors (Lipinski definition) is 1. The molecule has 1 heterocycles. The van der Waals surface area contributed by atoms with E-state index in [-0.39, 0.29) is 0 Å². The molecule has 0 aliphatic carbocycles. The van der Waals surface area contributed by atoms with E-state index < -0.39 is 0 Å². The number of nitrogens with zero attached hydrogens (tertiary/aromatic N) is 1. The molecule has 1 aliphatic heterocycles. The summed E-state index contributed by atoms with van der Waals surface area (Å²) in [6, 6.07) is 0.548. The number of rotatable bonds is 7. The summed E-state index contributed by atoms with van der Waals surface area (Å²) >= 11 is 1.92. The Morgan fingerprint density at radius 3 is 2.88 bits per heavy atom. The van der Waals surface area contributed by atoms with Crippen LogP contribution in [0, 0.1) is 5.92 Å². The molecule has 0 aromatic carbocycles. The summed E-state index contributed by atoms with van der Waals surface area (Å²) in [6.45, 7) is 5.30. The first kappa shape index (κ1) is 15.3. The van der Waals surface area contributed by atoms with Gasteiger partial charge in [0, 0.05) is 26.2 Å². The Bertz CT molecular complexity index is 204. The molecule has 1 fully saturated rings. The average molecular weight is 260 g/mol. The van der Waals surface area contributed by atoms with Crippen LogP contribution in [0.1, 0.15) is 26.2 Å². The molecule has 0 spiro atoms. The molecule has 17 heavy (non-hydrogen) atoms. The van der Waals surface area contributed by atoms with Crippen molar-refractivity contribution >= 4 is 11.8 Å². The SMILES string of the molecule is COC1CN(C(CN)CCCSC)CCC1C. The standard InChI is InChI=1S/C13H28N2OS/c1-11-6-7-15(10-13(11)16-2)12(9-14)5-4-8-17-3/h11-13H,4-10,14H2,1-3H3. The lowest BCUT2D eigenvalue weighted by Crippen LogP contribution is -2.50. The summed E-state index contributed by atoms with van der Waals surface area (Å²) in [5, 5.41) is 0. The summed E-state index contributed by atoms with van der Waals surface area (Å²) in [4.78, 5) is 2.54. The molecule has 0 saturated carbocycles. The van der Waals surface area contributed by atoms with Crippen LogP contribution in [0.2, 0.25) is 0 Å². The Labute approximate surface area is 110 Å². The molecule has 1 aliphatic rings. The minimum Gasteiger partial charge on any atom is -0.380 e. The maximum atomic E-state index is 5.92. The lowest BCUT2D eigenvalue weighted by Gasteiger charge is -2.40. The Kier molecular flexibility index (Phi) is 7.51. The van der Waals surface area contributed by atoms with Gasteiger partial charge in [0.25, 0.3) is 0 Å². The summed E-state index contributed by atoms with van der Waals surface area (Å²) in [5.74, 6) is 1.93. The Morgan fingerprint density at radius 2 is 2.29 bits per heavy atom. The number of methoxy groups -OCH3 is 1. The van der Waals surface area contributed by atoms with Crippen LogP contribution < -0.4 is 5.73 Å². The third-order valence-corrected chi connectivity index (χ3v) is 4.59. The normalized spacial score (nSPS) is 28.2. The molecule has 0 radical (unpaired) electrons. The topological polar surface area (TPSA) is 38.5 Å². The first-order chi connectivity index (χ1) is 8.22. The predicted octanol–water partition coefficient (Wildman–Crippen LogP) is 1.81. The van der Waals surface area contributed by atoms with Gasteiger partial charge in [-0.1, -0.05) is 6.92 Å². The van der Waals surface area contributed by atoms with E-state index in [1.165, 1.54) is 31.6 Å². The zero-order chi connectivity index (χ0) is 12.7. The summed E-state index contributed by atoms with van der Waals surface area (Å²) in [6.07, 6.45) is 6.28. The second kappa shape index (κ2) is 8.35. The molecule has 1 rings (SSSR count). The van der Waals surface area contributed by atoms with E-state index in [9.17, 15) is 0 Å². The fourth-order valence-corrected chi connectivity index (χ4v) is 3.06. The highest BCUT2D eigenvalue weighted by Gasteiger charge is 2.29. The average Bonchev–Trinajstić information content (AvgIpc) is 2.36. The van der Waals surface area contributed by atoms with E-state index in [0.717, 1.165) is 13.1 Å². The molecule has 1 saturated heterocycles. The molecule has 3 atom stereocenters.